The highest BCUT2D eigenvalue weighted by atomic mass is 32.1. The number of aliphatic hydroxyl groups excluding tert-OH is 1. The van der Waals surface area contributed by atoms with Crippen molar-refractivity contribution in [3.05, 3.63) is 51.7 Å². The third-order valence-electron chi connectivity index (χ3n) is 2.81. The zero-order valence-corrected chi connectivity index (χ0v) is 12.4. The predicted molar refractivity (Wildman–Crippen MR) is 82.4 cm³/mol. The lowest BCUT2D eigenvalue weighted by atomic mass is 10.1. The van der Waals surface area contributed by atoms with Gasteiger partial charge in [-0.3, -0.25) is 4.79 Å². The molecular weight excluding hydrogens is 286 g/mol. The molecule has 5 heteroatoms. The van der Waals surface area contributed by atoms with E-state index in [4.69, 9.17) is 9.84 Å². The van der Waals surface area contributed by atoms with Crippen LogP contribution in [-0.4, -0.2) is 24.7 Å². The van der Waals surface area contributed by atoms with E-state index in [0.29, 0.717) is 17.2 Å². The fraction of sp³-hybridized carbons (Fsp3) is 0.188. The smallest absolute Gasteiger partial charge is 0.265 e. The van der Waals surface area contributed by atoms with Crippen LogP contribution in [-0.2, 0) is 6.54 Å². The number of methoxy groups -OCH3 is 1. The molecule has 0 bridgehead atoms. The lowest BCUT2D eigenvalue weighted by molar-refractivity contribution is 0.0952. The normalized spacial score (nSPS) is 9.62. The number of benzene rings is 1. The second kappa shape index (κ2) is 7.48. The van der Waals surface area contributed by atoms with Crippen molar-refractivity contribution < 1.29 is 14.6 Å². The monoisotopic (exact) mass is 301 g/mol. The Labute approximate surface area is 127 Å². The number of carbonyl (C=O) groups is 1. The summed E-state index contributed by atoms with van der Waals surface area (Å²) < 4.78 is 5.13. The van der Waals surface area contributed by atoms with Gasteiger partial charge in [-0.05, 0) is 23.1 Å². The number of nitrogens with one attached hydrogen (secondary N) is 1. The van der Waals surface area contributed by atoms with Crippen molar-refractivity contribution in [1.82, 2.24) is 5.32 Å². The van der Waals surface area contributed by atoms with Gasteiger partial charge in [-0.15, -0.1) is 11.3 Å². The van der Waals surface area contributed by atoms with Gasteiger partial charge in [0.25, 0.3) is 5.91 Å². The van der Waals surface area contributed by atoms with E-state index in [1.54, 1.807) is 13.2 Å². The first-order chi connectivity index (χ1) is 10.3. The van der Waals surface area contributed by atoms with Crippen LogP contribution in [0.2, 0.25) is 0 Å². The summed E-state index contributed by atoms with van der Waals surface area (Å²) in [6, 6.07) is 9.27. The summed E-state index contributed by atoms with van der Waals surface area (Å²) in [5.74, 6) is 5.88. The number of hydrogen-bond acceptors (Lipinski definition) is 4. The Morgan fingerprint density at radius 2 is 2.19 bits per heavy atom. The third kappa shape index (κ3) is 3.85. The molecule has 1 heterocycles. The van der Waals surface area contributed by atoms with Crippen LogP contribution in [0.25, 0.3) is 0 Å². The molecule has 1 amide bonds. The fourth-order valence-electron chi connectivity index (χ4n) is 1.81. The predicted octanol–water partition coefficient (Wildman–Crippen LogP) is 2.03. The summed E-state index contributed by atoms with van der Waals surface area (Å²) in [4.78, 5) is 12.7. The summed E-state index contributed by atoms with van der Waals surface area (Å²) in [5, 5.41) is 13.4. The molecule has 0 unspecified atom stereocenters. The Bertz CT molecular complexity index is 682. The molecule has 0 saturated carbocycles. The van der Waals surface area contributed by atoms with Crippen LogP contribution in [0.15, 0.2) is 35.7 Å². The van der Waals surface area contributed by atoms with Gasteiger partial charge < -0.3 is 15.2 Å². The minimum absolute atomic E-state index is 0.174. The number of thiophene rings is 1. The number of rotatable bonds is 4. The van der Waals surface area contributed by atoms with Crippen molar-refractivity contribution in [2.45, 2.75) is 6.54 Å². The standard InChI is InChI=1S/C16H15NO3S/c1-20-14-8-10-21-15(14)16(19)17-11-13-6-3-2-5-12(13)7-4-9-18/h2-3,5-6,8,10,18H,9,11H2,1H3,(H,17,19). The summed E-state index contributed by atoms with van der Waals surface area (Å²) in [5.41, 5.74) is 1.70. The van der Waals surface area contributed by atoms with Crippen molar-refractivity contribution >= 4 is 17.2 Å². The topological polar surface area (TPSA) is 58.6 Å². The average Bonchev–Trinajstić information content (AvgIpc) is 3.00. The van der Waals surface area contributed by atoms with Gasteiger partial charge in [-0.2, -0.15) is 0 Å². The van der Waals surface area contributed by atoms with Gasteiger partial charge in [0.15, 0.2) is 0 Å². The molecule has 108 valence electrons. The lowest BCUT2D eigenvalue weighted by Crippen LogP contribution is -2.22. The van der Waals surface area contributed by atoms with Gasteiger partial charge in [0, 0.05) is 12.1 Å². The molecule has 0 saturated heterocycles. The number of hydrogen-bond donors (Lipinski definition) is 2. The largest absolute Gasteiger partial charge is 0.495 e. The Kier molecular flexibility index (Phi) is 5.38. The molecule has 2 rings (SSSR count). The Morgan fingerprint density at radius 3 is 2.95 bits per heavy atom. The van der Waals surface area contributed by atoms with Gasteiger partial charge in [0.1, 0.15) is 17.2 Å². The van der Waals surface area contributed by atoms with Crippen LogP contribution >= 0.6 is 11.3 Å². The average molecular weight is 301 g/mol. The highest BCUT2D eigenvalue weighted by molar-refractivity contribution is 7.12. The second-order valence-electron chi connectivity index (χ2n) is 4.12. The van der Waals surface area contributed by atoms with E-state index in [-0.39, 0.29) is 12.5 Å². The Morgan fingerprint density at radius 1 is 1.38 bits per heavy atom. The van der Waals surface area contributed by atoms with E-state index >= 15 is 0 Å². The molecule has 1 aromatic heterocycles. The fourth-order valence-corrected chi connectivity index (χ4v) is 2.59. The van der Waals surface area contributed by atoms with Crippen LogP contribution in [0, 0.1) is 11.8 Å². The molecule has 1 aromatic carbocycles. The maximum Gasteiger partial charge on any atom is 0.265 e. The molecule has 4 nitrogen and oxygen atoms in total. The molecule has 2 N–H and O–H groups in total. The molecule has 0 fully saturated rings. The summed E-state index contributed by atoms with van der Waals surface area (Å²) in [6.45, 7) is 0.184. The van der Waals surface area contributed by atoms with Gasteiger partial charge in [0.2, 0.25) is 0 Å². The molecule has 0 spiro atoms. The minimum Gasteiger partial charge on any atom is -0.495 e. The Hall–Kier alpha value is -2.29. The van der Waals surface area contributed by atoms with Crippen LogP contribution < -0.4 is 10.1 Å². The zero-order chi connectivity index (χ0) is 15.1. The number of aliphatic hydroxyl groups is 1. The SMILES string of the molecule is COc1ccsc1C(=O)NCc1ccccc1C#CCO. The number of amides is 1. The molecule has 2 aromatic rings. The number of ether oxygens (including phenoxy) is 1. The van der Waals surface area contributed by atoms with Crippen molar-refractivity contribution in [2.24, 2.45) is 0 Å². The van der Waals surface area contributed by atoms with E-state index in [1.807, 2.05) is 29.6 Å². The first-order valence-electron chi connectivity index (χ1n) is 6.33. The van der Waals surface area contributed by atoms with E-state index in [9.17, 15) is 4.79 Å². The van der Waals surface area contributed by atoms with Crippen molar-refractivity contribution in [1.29, 1.82) is 0 Å². The van der Waals surface area contributed by atoms with Crippen LogP contribution in [0.3, 0.4) is 0 Å². The maximum atomic E-state index is 12.1. The van der Waals surface area contributed by atoms with E-state index < -0.39 is 0 Å². The maximum absolute atomic E-state index is 12.1. The summed E-state index contributed by atoms with van der Waals surface area (Å²) in [6.07, 6.45) is 0. The second-order valence-corrected chi connectivity index (χ2v) is 5.03. The van der Waals surface area contributed by atoms with Crippen molar-refractivity contribution in [3.8, 4) is 17.6 Å². The van der Waals surface area contributed by atoms with E-state index in [1.165, 1.54) is 11.3 Å². The van der Waals surface area contributed by atoms with Crippen LogP contribution in [0.5, 0.6) is 5.75 Å². The zero-order valence-electron chi connectivity index (χ0n) is 11.6. The molecule has 0 radical (unpaired) electrons. The van der Waals surface area contributed by atoms with Crippen LogP contribution in [0.4, 0.5) is 0 Å². The van der Waals surface area contributed by atoms with Gasteiger partial charge >= 0.3 is 0 Å². The molecule has 0 aliphatic rings. The van der Waals surface area contributed by atoms with Gasteiger partial charge in [0.05, 0.1) is 7.11 Å². The van der Waals surface area contributed by atoms with Crippen LogP contribution in [0.1, 0.15) is 20.8 Å². The molecule has 0 aliphatic heterocycles. The molecule has 0 aliphatic carbocycles. The highest BCUT2D eigenvalue weighted by Crippen LogP contribution is 2.24. The first-order valence-corrected chi connectivity index (χ1v) is 7.21. The molecule has 0 atom stereocenters. The minimum atomic E-state index is -0.187. The van der Waals surface area contributed by atoms with E-state index in [0.717, 1.165) is 11.1 Å². The van der Waals surface area contributed by atoms with Crippen molar-refractivity contribution in [3.63, 3.8) is 0 Å². The molecule has 21 heavy (non-hydrogen) atoms. The third-order valence-corrected chi connectivity index (χ3v) is 3.71. The highest BCUT2D eigenvalue weighted by Gasteiger charge is 2.13. The van der Waals surface area contributed by atoms with Gasteiger partial charge in [-0.1, -0.05) is 30.0 Å². The first kappa shape index (κ1) is 15.1. The summed E-state index contributed by atoms with van der Waals surface area (Å²) >= 11 is 1.34. The van der Waals surface area contributed by atoms with E-state index in [2.05, 4.69) is 17.2 Å². The molecular formula is C16H15NO3S. The lowest BCUT2D eigenvalue weighted by Gasteiger charge is -2.07. The van der Waals surface area contributed by atoms with Crippen molar-refractivity contribution in [2.75, 3.05) is 13.7 Å². The quantitative estimate of drug-likeness (QED) is 0.850. The number of carbonyl (C=O) groups excluding carboxylic acids is 1. The Balaban J connectivity index is 2.08. The van der Waals surface area contributed by atoms with Gasteiger partial charge in [-0.25, -0.2) is 0 Å². The summed E-state index contributed by atoms with van der Waals surface area (Å²) in [7, 11) is 1.54.